The molecule has 5 heteroatoms. The second-order valence-electron chi connectivity index (χ2n) is 4.12. The average molecular weight is 273 g/mol. The summed E-state index contributed by atoms with van der Waals surface area (Å²) in [5.74, 6) is 0.271. The Morgan fingerprint density at radius 3 is 2.74 bits per heavy atom. The fourth-order valence-electron chi connectivity index (χ4n) is 1.50. The van der Waals surface area contributed by atoms with Crippen LogP contribution in [0.15, 0.2) is 47.6 Å². The maximum absolute atomic E-state index is 11.8. The Labute approximate surface area is 116 Å². The van der Waals surface area contributed by atoms with Crippen LogP contribution < -0.4 is 11.1 Å². The van der Waals surface area contributed by atoms with Crippen LogP contribution in [0.2, 0.25) is 0 Å². The van der Waals surface area contributed by atoms with Gasteiger partial charge < -0.3 is 11.1 Å². The van der Waals surface area contributed by atoms with E-state index in [1.807, 2.05) is 31.2 Å². The largest absolute Gasteiger partial charge is 0.397 e. The summed E-state index contributed by atoms with van der Waals surface area (Å²) >= 11 is 1.40. The summed E-state index contributed by atoms with van der Waals surface area (Å²) in [7, 11) is 0. The molecule has 1 aromatic carbocycles. The lowest BCUT2D eigenvalue weighted by Crippen LogP contribution is -2.14. The van der Waals surface area contributed by atoms with Crippen LogP contribution in [0.5, 0.6) is 0 Å². The molecule has 1 amide bonds. The molecule has 0 saturated heterocycles. The summed E-state index contributed by atoms with van der Waals surface area (Å²) < 4.78 is 0. The molecule has 98 valence electrons. The molecule has 0 aliphatic rings. The number of hydrogen-bond donors (Lipinski definition) is 2. The summed E-state index contributed by atoms with van der Waals surface area (Å²) in [4.78, 5) is 16.6. The number of nitrogens with two attached hydrogens (primary N) is 1. The van der Waals surface area contributed by atoms with Crippen molar-refractivity contribution in [3.8, 4) is 0 Å². The van der Waals surface area contributed by atoms with Gasteiger partial charge in [0.1, 0.15) is 0 Å². The second-order valence-corrected chi connectivity index (χ2v) is 5.13. The predicted octanol–water partition coefficient (Wildman–Crippen LogP) is 2.70. The van der Waals surface area contributed by atoms with Crippen molar-refractivity contribution in [3.05, 3.63) is 48.3 Å². The first-order valence-electron chi connectivity index (χ1n) is 5.84. The first-order chi connectivity index (χ1) is 9.15. The van der Waals surface area contributed by atoms with E-state index in [9.17, 15) is 4.79 Å². The highest BCUT2D eigenvalue weighted by atomic mass is 32.2. The van der Waals surface area contributed by atoms with Gasteiger partial charge in [-0.05, 0) is 25.1 Å². The van der Waals surface area contributed by atoms with Crippen molar-refractivity contribution in [2.45, 2.75) is 11.8 Å². The summed E-state index contributed by atoms with van der Waals surface area (Å²) in [5, 5.41) is 2.84. The van der Waals surface area contributed by atoms with Crippen molar-refractivity contribution in [3.63, 3.8) is 0 Å². The minimum Gasteiger partial charge on any atom is -0.397 e. The standard InChI is InChI=1S/C14H15N3OS/c1-10-2-4-11(5-3-10)17-14(18)9-19-13-6-7-16-8-12(13)15/h2-8H,9,15H2,1H3,(H,17,18). The number of carbonyl (C=O) groups is 1. The van der Waals surface area contributed by atoms with Crippen LogP contribution in [0.3, 0.4) is 0 Å². The second kappa shape index (κ2) is 6.24. The van der Waals surface area contributed by atoms with Crippen LogP contribution in [0.1, 0.15) is 5.56 Å². The third-order valence-electron chi connectivity index (χ3n) is 2.50. The van der Waals surface area contributed by atoms with E-state index in [1.54, 1.807) is 18.5 Å². The maximum atomic E-state index is 11.8. The van der Waals surface area contributed by atoms with Crippen LogP contribution >= 0.6 is 11.8 Å². The number of rotatable bonds is 4. The third kappa shape index (κ3) is 3.99. The van der Waals surface area contributed by atoms with Crippen molar-refractivity contribution >= 4 is 29.0 Å². The molecule has 0 saturated carbocycles. The molecular weight excluding hydrogens is 258 g/mol. The number of benzene rings is 1. The lowest BCUT2D eigenvalue weighted by molar-refractivity contribution is -0.113. The molecule has 0 fully saturated rings. The number of anilines is 2. The topological polar surface area (TPSA) is 68.0 Å². The Bertz CT molecular complexity index is 569. The Balaban J connectivity index is 1.88. The highest BCUT2D eigenvalue weighted by Crippen LogP contribution is 2.23. The van der Waals surface area contributed by atoms with E-state index >= 15 is 0 Å². The summed E-state index contributed by atoms with van der Waals surface area (Å²) in [6.45, 7) is 2.01. The van der Waals surface area contributed by atoms with Gasteiger partial charge in [0, 0.05) is 16.8 Å². The number of nitrogens with one attached hydrogen (secondary N) is 1. The molecule has 0 spiro atoms. The molecule has 0 atom stereocenters. The van der Waals surface area contributed by atoms with Crippen LogP contribution in [0.4, 0.5) is 11.4 Å². The van der Waals surface area contributed by atoms with Gasteiger partial charge >= 0.3 is 0 Å². The maximum Gasteiger partial charge on any atom is 0.234 e. The Hall–Kier alpha value is -2.01. The molecule has 0 radical (unpaired) electrons. The zero-order valence-electron chi connectivity index (χ0n) is 10.6. The van der Waals surface area contributed by atoms with Crippen LogP contribution in [0, 0.1) is 6.92 Å². The van der Waals surface area contributed by atoms with Gasteiger partial charge in [-0.2, -0.15) is 0 Å². The highest BCUT2D eigenvalue weighted by molar-refractivity contribution is 8.00. The van der Waals surface area contributed by atoms with E-state index in [4.69, 9.17) is 5.73 Å². The number of thioether (sulfide) groups is 1. The van der Waals surface area contributed by atoms with E-state index in [0.717, 1.165) is 16.1 Å². The number of aromatic nitrogens is 1. The van der Waals surface area contributed by atoms with Gasteiger partial charge in [0.15, 0.2) is 0 Å². The molecular formula is C14H15N3OS. The first kappa shape index (κ1) is 13.4. The quantitative estimate of drug-likeness (QED) is 0.840. The molecule has 4 nitrogen and oxygen atoms in total. The molecule has 2 aromatic rings. The number of amides is 1. The number of pyridine rings is 1. The van der Waals surface area contributed by atoms with Crippen molar-refractivity contribution in [1.82, 2.24) is 4.98 Å². The number of carbonyl (C=O) groups excluding carboxylic acids is 1. The molecule has 1 heterocycles. The fourth-order valence-corrected chi connectivity index (χ4v) is 2.24. The summed E-state index contributed by atoms with van der Waals surface area (Å²) in [6.07, 6.45) is 3.25. The Kier molecular flexibility index (Phi) is 4.41. The smallest absolute Gasteiger partial charge is 0.234 e. The number of hydrogen-bond acceptors (Lipinski definition) is 4. The predicted molar refractivity (Wildman–Crippen MR) is 79.2 cm³/mol. The molecule has 0 unspecified atom stereocenters. The lowest BCUT2D eigenvalue weighted by atomic mass is 10.2. The van der Waals surface area contributed by atoms with Gasteiger partial charge in [-0.1, -0.05) is 17.7 Å². The average Bonchev–Trinajstić information content (AvgIpc) is 2.40. The summed E-state index contributed by atoms with van der Waals surface area (Å²) in [5.41, 5.74) is 8.32. The van der Waals surface area contributed by atoms with E-state index in [-0.39, 0.29) is 5.91 Å². The molecule has 19 heavy (non-hydrogen) atoms. The van der Waals surface area contributed by atoms with Gasteiger partial charge in [-0.3, -0.25) is 9.78 Å². The van der Waals surface area contributed by atoms with Gasteiger partial charge in [-0.15, -0.1) is 11.8 Å². The van der Waals surface area contributed by atoms with E-state index in [2.05, 4.69) is 10.3 Å². The highest BCUT2D eigenvalue weighted by Gasteiger charge is 2.05. The van der Waals surface area contributed by atoms with Crippen molar-refractivity contribution < 1.29 is 4.79 Å². The monoisotopic (exact) mass is 273 g/mol. The van der Waals surface area contributed by atoms with Crippen LogP contribution in [-0.4, -0.2) is 16.6 Å². The van der Waals surface area contributed by atoms with Gasteiger partial charge in [0.25, 0.3) is 0 Å². The minimum absolute atomic E-state index is 0.0509. The van der Waals surface area contributed by atoms with Crippen molar-refractivity contribution in [1.29, 1.82) is 0 Å². The molecule has 0 aliphatic carbocycles. The SMILES string of the molecule is Cc1ccc(NC(=O)CSc2ccncc2N)cc1. The van der Waals surface area contributed by atoms with Crippen LogP contribution in [0.25, 0.3) is 0 Å². The normalized spacial score (nSPS) is 10.2. The minimum atomic E-state index is -0.0509. The summed E-state index contributed by atoms with van der Waals surface area (Å²) in [6, 6.07) is 9.50. The van der Waals surface area contributed by atoms with Gasteiger partial charge in [-0.25, -0.2) is 0 Å². The Morgan fingerprint density at radius 1 is 1.32 bits per heavy atom. The van der Waals surface area contributed by atoms with Crippen LogP contribution in [-0.2, 0) is 4.79 Å². The van der Waals surface area contributed by atoms with Crippen molar-refractivity contribution in [2.75, 3.05) is 16.8 Å². The van der Waals surface area contributed by atoms with E-state index in [0.29, 0.717) is 11.4 Å². The molecule has 0 bridgehead atoms. The zero-order chi connectivity index (χ0) is 13.7. The van der Waals surface area contributed by atoms with E-state index < -0.39 is 0 Å². The molecule has 3 N–H and O–H groups in total. The Morgan fingerprint density at radius 2 is 2.05 bits per heavy atom. The van der Waals surface area contributed by atoms with Gasteiger partial charge in [0.05, 0.1) is 17.6 Å². The third-order valence-corrected chi connectivity index (χ3v) is 3.59. The first-order valence-corrected chi connectivity index (χ1v) is 6.82. The molecule has 1 aromatic heterocycles. The lowest BCUT2D eigenvalue weighted by Gasteiger charge is -2.06. The number of aryl methyl sites for hydroxylation is 1. The van der Waals surface area contributed by atoms with Crippen molar-refractivity contribution in [2.24, 2.45) is 0 Å². The number of nitrogen functional groups attached to an aromatic ring is 1. The fraction of sp³-hybridized carbons (Fsp3) is 0.143. The molecule has 0 aliphatic heterocycles. The zero-order valence-corrected chi connectivity index (χ0v) is 11.4. The number of nitrogens with zero attached hydrogens (tertiary/aromatic N) is 1. The van der Waals surface area contributed by atoms with Gasteiger partial charge in [0.2, 0.25) is 5.91 Å². The van der Waals surface area contributed by atoms with E-state index in [1.165, 1.54) is 11.8 Å². The molecule has 2 rings (SSSR count).